The van der Waals surface area contributed by atoms with Crippen LogP contribution < -0.4 is 5.32 Å². The number of aromatic nitrogens is 1. The van der Waals surface area contributed by atoms with Crippen LogP contribution in [0.5, 0.6) is 0 Å². The predicted molar refractivity (Wildman–Crippen MR) is 70.5 cm³/mol. The second-order valence-electron chi connectivity index (χ2n) is 4.68. The summed E-state index contributed by atoms with van der Waals surface area (Å²) in [5, 5.41) is 3.03. The lowest BCUT2D eigenvalue weighted by molar-refractivity contribution is 0.448. The molecule has 2 atom stereocenters. The summed E-state index contributed by atoms with van der Waals surface area (Å²) >= 11 is 0. The highest BCUT2D eigenvalue weighted by molar-refractivity contribution is 5.24. The van der Waals surface area contributed by atoms with E-state index in [9.17, 15) is 13.2 Å². The number of hydrogen-bond acceptors (Lipinski definition) is 2. The van der Waals surface area contributed by atoms with Gasteiger partial charge in [-0.05, 0) is 37.6 Å². The molecule has 0 saturated heterocycles. The summed E-state index contributed by atoms with van der Waals surface area (Å²) in [6.45, 7) is 3.44. The molecule has 2 nitrogen and oxygen atoms in total. The minimum Gasteiger partial charge on any atom is -0.303 e. The second kappa shape index (κ2) is 6.05. The van der Waals surface area contributed by atoms with Gasteiger partial charge in [0.05, 0.1) is 6.20 Å². The fourth-order valence-electron chi connectivity index (χ4n) is 2.14. The molecular formula is C15H15F3N2. The molecule has 0 aliphatic heterocycles. The van der Waals surface area contributed by atoms with Gasteiger partial charge in [0.1, 0.15) is 17.5 Å². The molecule has 1 N–H and O–H groups in total. The average molecular weight is 280 g/mol. The molecule has 0 saturated carbocycles. The number of nitrogens with one attached hydrogen (secondary N) is 1. The van der Waals surface area contributed by atoms with Gasteiger partial charge in [0.2, 0.25) is 0 Å². The Bertz CT molecular complexity index is 581. The third-order valence-electron chi connectivity index (χ3n) is 3.16. The van der Waals surface area contributed by atoms with Crippen LogP contribution in [0.4, 0.5) is 13.2 Å². The summed E-state index contributed by atoms with van der Waals surface area (Å²) in [4.78, 5) is 3.76. The summed E-state index contributed by atoms with van der Waals surface area (Å²) in [5.74, 6) is -1.65. The van der Waals surface area contributed by atoms with Gasteiger partial charge in [-0.25, -0.2) is 13.2 Å². The van der Waals surface area contributed by atoms with Crippen molar-refractivity contribution >= 4 is 0 Å². The van der Waals surface area contributed by atoms with Crippen LogP contribution in [0, 0.1) is 17.5 Å². The normalized spacial score (nSPS) is 14.1. The topological polar surface area (TPSA) is 24.9 Å². The van der Waals surface area contributed by atoms with Crippen LogP contribution in [-0.2, 0) is 0 Å². The number of pyridine rings is 1. The standard InChI is InChI=1S/C15H15F3N2/c1-9(11-6-12(16)8-19-7-11)20-10(2)15-13(17)4-3-5-14(15)18/h3-10,20H,1-2H3. The lowest BCUT2D eigenvalue weighted by Crippen LogP contribution is -2.24. The highest BCUT2D eigenvalue weighted by Crippen LogP contribution is 2.23. The zero-order chi connectivity index (χ0) is 14.7. The Morgan fingerprint density at radius 2 is 1.65 bits per heavy atom. The maximum absolute atomic E-state index is 13.7. The maximum atomic E-state index is 13.7. The number of halogens is 3. The number of rotatable bonds is 4. The van der Waals surface area contributed by atoms with E-state index in [4.69, 9.17) is 0 Å². The summed E-state index contributed by atoms with van der Waals surface area (Å²) in [6.07, 6.45) is 2.63. The Labute approximate surface area is 115 Å². The lowest BCUT2D eigenvalue weighted by Gasteiger charge is -2.21. The van der Waals surface area contributed by atoms with Crippen LogP contribution in [0.15, 0.2) is 36.7 Å². The third-order valence-corrected chi connectivity index (χ3v) is 3.16. The quantitative estimate of drug-likeness (QED) is 0.918. The summed E-state index contributed by atoms with van der Waals surface area (Å²) in [6, 6.07) is 4.26. The first-order valence-electron chi connectivity index (χ1n) is 6.29. The van der Waals surface area contributed by atoms with E-state index in [1.54, 1.807) is 13.8 Å². The van der Waals surface area contributed by atoms with Gasteiger partial charge in [0.25, 0.3) is 0 Å². The van der Waals surface area contributed by atoms with Gasteiger partial charge in [-0.15, -0.1) is 0 Å². The van der Waals surface area contributed by atoms with E-state index in [0.717, 1.165) is 6.20 Å². The molecule has 0 aliphatic carbocycles. The SMILES string of the molecule is CC(NC(C)c1c(F)cccc1F)c1cncc(F)c1. The van der Waals surface area contributed by atoms with Crippen molar-refractivity contribution in [2.45, 2.75) is 25.9 Å². The van der Waals surface area contributed by atoms with Gasteiger partial charge in [0, 0.05) is 23.8 Å². The zero-order valence-corrected chi connectivity index (χ0v) is 11.2. The van der Waals surface area contributed by atoms with Gasteiger partial charge < -0.3 is 5.32 Å². The second-order valence-corrected chi connectivity index (χ2v) is 4.68. The molecule has 0 bridgehead atoms. The van der Waals surface area contributed by atoms with Crippen LogP contribution >= 0.6 is 0 Å². The Morgan fingerprint density at radius 3 is 2.25 bits per heavy atom. The third kappa shape index (κ3) is 3.17. The van der Waals surface area contributed by atoms with E-state index in [1.807, 2.05) is 0 Å². The van der Waals surface area contributed by atoms with Crippen LogP contribution in [0.1, 0.15) is 37.1 Å². The van der Waals surface area contributed by atoms with E-state index in [2.05, 4.69) is 10.3 Å². The molecule has 1 aromatic carbocycles. The van der Waals surface area contributed by atoms with Crippen molar-refractivity contribution in [2.75, 3.05) is 0 Å². The lowest BCUT2D eigenvalue weighted by atomic mass is 10.0. The zero-order valence-electron chi connectivity index (χ0n) is 11.2. The largest absolute Gasteiger partial charge is 0.303 e. The fourth-order valence-corrected chi connectivity index (χ4v) is 2.14. The molecule has 0 amide bonds. The Balaban J connectivity index is 2.17. The van der Waals surface area contributed by atoms with Crippen molar-refractivity contribution in [3.8, 4) is 0 Å². The van der Waals surface area contributed by atoms with Crippen LogP contribution in [0.3, 0.4) is 0 Å². The molecule has 1 heterocycles. The van der Waals surface area contributed by atoms with Gasteiger partial charge in [0.15, 0.2) is 0 Å². The van der Waals surface area contributed by atoms with Gasteiger partial charge >= 0.3 is 0 Å². The first-order chi connectivity index (χ1) is 9.49. The smallest absolute Gasteiger partial charge is 0.141 e. The maximum Gasteiger partial charge on any atom is 0.141 e. The van der Waals surface area contributed by atoms with Crippen molar-refractivity contribution in [1.82, 2.24) is 10.3 Å². The molecule has 5 heteroatoms. The van der Waals surface area contributed by atoms with E-state index in [0.29, 0.717) is 5.56 Å². The molecule has 106 valence electrons. The molecule has 0 radical (unpaired) electrons. The summed E-state index contributed by atoms with van der Waals surface area (Å²) < 4.78 is 40.4. The van der Waals surface area contributed by atoms with Crippen LogP contribution in [0.25, 0.3) is 0 Å². The summed E-state index contributed by atoms with van der Waals surface area (Å²) in [7, 11) is 0. The van der Waals surface area contributed by atoms with Gasteiger partial charge in [-0.3, -0.25) is 4.98 Å². The van der Waals surface area contributed by atoms with Crippen molar-refractivity contribution in [2.24, 2.45) is 0 Å². The Hall–Kier alpha value is -1.88. The molecule has 2 unspecified atom stereocenters. The highest BCUT2D eigenvalue weighted by Gasteiger charge is 2.18. The van der Waals surface area contributed by atoms with Crippen molar-refractivity contribution < 1.29 is 13.2 Å². The van der Waals surface area contributed by atoms with E-state index in [-0.39, 0.29) is 11.6 Å². The summed E-state index contributed by atoms with van der Waals surface area (Å²) in [5.41, 5.74) is 0.595. The molecule has 20 heavy (non-hydrogen) atoms. The molecule has 0 fully saturated rings. The number of nitrogens with zero attached hydrogens (tertiary/aromatic N) is 1. The first kappa shape index (κ1) is 14.5. The number of hydrogen-bond donors (Lipinski definition) is 1. The first-order valence-corrected chi connectivity index (χ1v) is 6.29. The number of benzene rings is 1. The molecule has 2 aromatic rings. The van der Waals surface area contributed by atoms with Gasteiger partial charge in [-0.1, -0.05) is 6.07 Å². The predicted octanol–water partition coefficient (Wildman–Crippen LogP) is 3.91. The molecular weight excluding hydrogens is 265 g/mol. The van der Waals surface area contributed by atoms with Crippen LogP contribution in [0.2, 0.25) is 0 Å². The Kier molecular flexibility index (Phi) is 4.39. The van der Waals surface area contributed by atoms with E-state index < -0.39 is 23.5 Å². The van der Waals surface area contributed by atoms with E-state index in [1.165, 1.54) is 30.5 Å². The van der Waals surface area contributed by atoms with Crippen molar-refractivity contribution in [1.29, 1.82) is 0 Å². The molecule has 1 aromatic heterocycles. The molecule has 0 spiro atoms. The minimum atomic E-state index is -0.602. The van der Waals surface area contributed by atoms with Crippen molar-refractivity contribution in [3.63, 3.8) is 0 Å². The fraction of sp³-hybridized carbons (Fsp3) is 0.267. The monoisotopic (exact) mass is 280 g/mol. The Morgan fingerprint density at radius 1 is 1.00 bits per heavy atom. The highest BCUT2D eigenvalue weighted by atomic mass is 19.1. The van der Waals surface area contributed by atoms with Crippen LogP contribution in [-0.4, -0.2) is 4.98 Å². The van der Waals surface area contributed by atoms with Crippen molar-refractivity contribution in [3.05, 3.63) is 65.2 Å². The van der Waals surface area contributed by atoms with Gasteiger partial charge in [-0.2, -0.15) is 0 Å². The van der Waals surface area contributed by atoms with E-state index >= 15 is 0 Å². The molecule has 0 aliphatic rings. The molecule has 2 rings (SSSR count). The average Bonchev–Trinajstić information content (AvgIpc) is 2.38. The minimum absolute atomic E-state index is 0.0243.